The Bertz CT molecular complexity index is 1280. The van der Waals surface area contributed by atoms with Crippen LogP contribution in [-0.2, 0) is 14.3 Å². The summed E-state index contributed by atoms with van der Waals surface area (Å²) in [6, 6.07) is 14.8. The van der Waals surface area contributed by atoms with E-state index in [1.54, 1.807) is 36.4 Å². The van der Waals surface area contributed by atoms with Crippen molar-refractivity contribution >= 4 is 11.9 Å². The van der Waals surface area contributed by atoms with Crippen molar-refractivity contribution in [1.82, 2.24) is 0 Å². The number of hydrogen-bond acceptors (Lipinski definition) is 5. The van der Waals surface area contributed by atoms with Crippen molar-refractivity contribution in [2.75, 3.05) is 0 Å². The van der Waals surface area contributed by atoms with Crippen molar-refractivity contribution < 1.29 is 32.6 Å². The first-order valence-corrected chi connectivity index (χ1v) is 10.0. The fraction of sp³-hybridized carbons (Fsp3) is 0.0370. The molecule has 0 aliphatic heterocycles. The molecule has 0 atom stereocenters. The molecule has 0 amide bonds. The van der Waals surface area contributed by atoms with E-state index in [-0.39, 0.29) is 16.9 Å². The third-order valence-electron chi connectivity index (χ3n) is 4.56. The maximum absolute atomic E-state index is 14.9. The van der Waals surface area contributed by atoms with Gasteiger partial charge in [0.1, 0.15) is 35.7 Å². The lowest BCUT2D eigenvalue weighted by Crippen LogP contribution is -2.08. The highest BCUT2D eigenvalue weighted by molar-refractivity contribution is 5.88. The summed E-state index contributed by atoms with van der Waals surface area (Å²) in [5, 5.41) is 0. The number of carbonyl (C=O) groups excluding carboxylic acids is 2. The van der Waals surface area contributed by atoms with E-state index in [0.717, 1.165) is 18.4 Å². The molecule has 3 aromatic rings. The fourth-order valence-corrected chi connectivity index (χ4v) is 2.87. The van der Waals surface area contributed by atoms with Gasteiger partial charge in [0.05, 0.1) is 0 Å². The van der Waals surface area contributed by atoms with Crippen LogP contribution in [0.15, 0.2) is 98.0 Å². The topological polar surface area (TPSA) is 61.8 Å². The van der Waals surface area contributed by atoms with Crippen molar-refractivity contribution in [3.05, 3.63) is 110 Å². The SMILES string of the molecule is C=CC(=O)O/C=C\Oc1ccc(-c2ccc(-c3ccc(OC(=O)C(=C)C)cc3F)cc2F)cc1. The standard InChI is InChI=1S/C27H20F2O5/c1-4-26(30)33-14-13-32-20-8-5-18(6-9-20)22-11-7-19(15-24(22)28)23-12-10-21(16-25(23)29)34-27(31)17(2)3/h4-16H,1-2H2,3H3/b14-13-. The Kier molecular flexibility index (Phi) is 7.71. The Labute approximate surface area is 195 Å². The van der Waals surface area contributed by atoms with Gasteiger partial charge in [0.15, 0.2) is 0 Å². The normalized spacial score (nSPS) is 10.6. The molecule has 0 unspecified atom stereocenters. The number of esters is 2. The van der Waals surface area contributed by atoms with Gasteiger partial charge in [0.25, 0.3) is 0 Å². The molecule has 0 heterocycles. The second kappa shape index (κ2) is 10.9. The summed E-state index contributed by atoms with van der Waals surface area (Å²) in [5.41, 5.74) is 1.58. The maximum Gasteiger partial charge on any atom is 0.338 e. The first-order chi connectivity index (χ1) is 16.3. The number of halogens is 2. The molecule has 0 radical (unpaired) electrons. The quantitative estimate of drug-likeness (QED) is 0.169. The van der Waals surface area contributed by atoms with E-state index in [1.807, 2.05) is 0 Å². The minimum absolute atomic E-state index is 0.0300. The molecule has 0 N–H and O–H groups in total. The van der Waals surface area contributed by atoms with E-state index >= 15 is 0 Å². The molecule has 0 saturated carbocycles. The van der Waals surface area contributed by atoms with Crippen LogP contribution in [0, 0.1) is 11.6 Å². The molecular weight excluding hydrogens is 442 g/mol. The summed E-state index contributed by atoms with van der Waals surface area (Å²) < 4.78 is 44.4. The van der Waals surface area contributed by atoms with E-state index in [0.29, 0.717) is 22.4 Å². The van der Waals surface area contributed by atoms with E-state index in [2.05, 4.69) is 17.9 Å². The van der Waals surface area contributed by atoms with E-state index < -0.39 is 23.6 Å². The number of hydrogen-bond donors (Lipinski definition) is 0. The molecule has 0 saturated heterocycles. The van der Waals surface area contributed by atoms with Gasteiger partial charge in [-0.15, -0.1) is 0 Å². The van der Waals surface area contributed by atoms with Gasteiger partial charge in [-0.25, -0.2) is 18.4 Å². The van der Waals surface area contributed by atoms with Gasteiger partial charge in [-0.1, -0.05) is 37.4 Å². The van der Waals surface area contributed by atoms with Crippen LogP contribution in [0.3, 0.4) is 0 Å². The van der Waals surface area contributed by atoms with Gasteiger partial charge in [-0.2, -0.15) is 0 Å². The number of carbonyl (C=O) groups is 2. The molecule has 3 rings (SSSR count). The Morgan fingerprint density at radius 2 is 1.41 bits per heavy atom. The van der Waals surface area contributed by atoms with Crippen molar-refractivity contribution in [3.63, 3.8) is 0 Å². The zero-order valence-corrected chi connectivity index (χ0v) is 18.2. The molecule has 172 valence electrons. The van der Waals surface area contributed by atoms with Gasteiger partial charge in [0.2, 0.25) is 0 Å². The second-order valence-corrected chi connectivity index (χ2v) is 7.06. The zero-order chi connectivity index (χ0) is 24.7. The monoisotopic (exact) mass is 462 g/mol. The van der Waals surface area contributed by atoms with Crippen LogP contribution >= 0.6 is 0 Å². The molecule has 0 aromatic heterocycles. The van der Waals surface area contributed by atoms with Crippen LogP contribution < -0.4 is 9.47 Å². The van der Waals surface area contributed by atoms with E-state index in [1.165, 1.54) is 31.4 Å². The van der Waals surface area contributed by atoms with Crippen LogP contribution in [0.5, 0.6) is 11.5 Å². The smallest absolute Gasteiger partial charge is 0.338 e. The minimum Gasteiger partial charge on any atom is -0.462 e. The van der Waals surface area contributed by atoms with Gasteiger partial charge >= 0.3 is 11.9 Å². The van der Waals surface area contributed by atoms with Crippen molar-refractivity contribution in [2.24, 2.45) is 0 Å². The molecule has 0 aliphatic carbocycles. The molecule has 0 fully saturated rings. The maximum atomic E-state index is 14.9. The Morgan fingerprint density at radius 3 is 2.03 bits per heavy atom. The third-order valence-corrected chi connectivity index (χ3v) is 4.56. The summed E-state index contributed by atoms with van der Waals surface area (Å²) in [6.45, 7) is 8.23. The lowest BCUT2D eigenvalue weighted by atomic mass is 9.99. The van der Waals surface area contributed by atoms with Crippen LogP contribution in [0.1, 0.15) is 6.92 Å². The second-order valence-electron chi connectivity index (χ2n) is 7.06. The number of ether oxygens (including phenoxy) is 3. The molecule has 0 spiro atoms. The highest BCUT2D eigenvalue weighted by atomic mass is 19.1. The number of benzene rings is 3. The summed E-state index contributed by atoms with van der Waals surface area (Å²) in [6.07, 6.45) is 3.28. The Hall–Kier alpha value is -4.52. The first kappa shape index (κ1) is 24.1. The van der Waals surface area contributed by atoms with E-state index in [9.17, 15) is 18.4 Å². The summed E-state index contributed by atoms with van der Waals surface area (Å²) in [4.78, 5) is 22.5. The van der Waals surface area contributed by atoms with Gasteiger partial charge < -0.3 is 14.2 Å². The van der Waals surface area contributed by atoms with Crippen LogP contribution in [0.4, 0.5) is 8.78 Å². The first-order valence-electron chi connectivity index (χ1n) is 10.0. The van der Waals surface area contributed by atoms with Crippen molar-refractivity contribution in [1.29, 1.82) is 0 Å². The van der Waals surface area contributed by atoms with Gasteiger partial charge in [-0.05, 0) is 48.4 Å². The molecule has 7 heteroatoms. The average molecular weight is 462 g/mol. The third kappa shape index (κ3) is 6.04. The fourth-order valence-electron chi connectivity index (χ4n) is 2.87. The largest absolute Gasteiger partial charge is 0.462 e. The average Bonchev–Trinajstić information content (AvgIpc) is 2.82. The van der Waals surface area contributed by atoms with E-state index in [4.69, 9.17) is 9.47 Å². The number of rotatable bonds is 8. The summed E-state index contributed by atoms with van der Waals surface area (Å²) >= 11 is 0. The Balaban J connectivity index is 1.74. The highest BCUT2D eigenvalue weighted by Crippen LogP contribution is 2.31. The molecule has 0 bridgehead atoms. The highest BCUT2D eigenvalue weighted by Gasteiger charge is 2.13. The van der Waals surface area contributed by atoms with Crippen LogP contribution in [0.25, 0.3) is 22.3 Å². The lowest BCUT2D eigenvalue weighted by Gasteiger charge is -2.10. The van der Waals surface area contributed by atoms with Crippen LogP contribution in [-0.4, -0.2) is 11.9 Å². The molecule has 5 nitrogen and oxygen atoms in total. The zero-order valence-electron chi connectivity index (χ0n) is 18.2. The molecular formula is C27H20F2O5. The van der Waals surface area contributed by atoms with Gasteiger partial charge in [0, 0.05) is 28.8 Å². The molecule has 34 heavy (non-hydrogen) atoms. The summed E-state index contributed by atoms with van der Waals surface area (Å²) in [7, 11) is 0. The minimum atomic E-state index is -0.661. The van der Waals surface area contributed by atoms with Crippen molar-refractivity contribution in [3.8, 4) is 33.8 Å². The Morgan fingerprint density at radius 1 is 0.824 bits per heavy atom. The van der Waals surface area contributed by atoms with Crippen molar-refractivity contribution in [2.45, 2.75) is 6.92 Å². The van der Waals surface area contributed by atoms with Gasteiger partial charge in [-0.3, -0.25) is 0 Å². The molecule has 3 aromatic carbocycles. The van der Waals surface area contributed by atoms with Crippen LogP contribution in [0.2, 0.25) is 0 Å². The lowest BCUT2D eigenvalue weighted by molar-refractivity contribution is -0.132. The predicted octanol–water partition coefficient (Wildman–Crippen LogP) is 6.36. The predicted molar refractivity (Wildman–Crippen MR) is 124 cm³/mol. The molecule has 0 aliphatic rings. The summed E-state index contributed by atoms with van der Waals surface area (Å²) in [5.74, 6) is -2.00.